The van der Waals surface area contributed by atoms with Gasteiger partial charge in [-0.3, -0.25) is 4.79 Å². The number of rotatable bonds is 5. The highest BCUT2D eigenvalue weighted by Gasteiger charge is 2.22. The number of methoxy groups -OCH3 is 1. The third kappa shape index (κ3) is 4.88. The maximum atomic E-state index is 12.2. The fourth-order valence-corrected chi connectivity index (χ4v) is 1.96. The Balaban J connectivity index is 2.81. The van der Waals surface area contributed by atoms with E-state index in [0.29, 0.717) is 5.56 Å². The lowest BCUT2D eigenvalue weighted by molar-refractivity contribution is -0.143. The number of nitrogens with zero attached hydrogens (tertiary/aromatic N) is 1. The molecule has 0 saturated carbocycles. The number of hydrogen-bond acceptors (Lipinski definition) is 4. The Labute approximate surface area is 131 Å². The monoisotopic (exact) mass is 302 g/mol. The maximum Gasteiger partial charge on any atom is 0.328 e. The Bertz CT molecular complexity index is 565. The predicted molar refractivity (Wildman–Crippen MR) is 83.3 cm³/mol. The second-order valence-electron chi connectivity index (χ2n) is 6.07. The molecular weight excluding hydrogens is 280 g/mol. The van der Waals surface area contributed by atoms with E-state index in [1.165, 1.54) is 7.11 Å². The molecule has 22 heavy (non-hydrogen) atoms. The largest absolute Gasteiger partial charge is 0.467 e. The fraction of sp³-hybridized carbons (Fsp3) is 0.471. The lowest BCUT2D eigenvalue weighted by Gasteiger charge is -2.19. The van der Waals surface area contributed by atoms with E-state index in [2.05, 4.69) is 30.8 Å². The van der Waals surface area contributed by atoms with E-state index in [1.807, 2.05) is 18.2 Å². The van der Waals surface area contributed by atoms with Crippen LogP contribution in [0.15, 0.2) is 24.3 Å². The van der Waals surface area contributed by atoms with E-state index in [4.69, 9.17) is 5.26 Å². The molecule has 5 heteroatoms. The van der Waals surface area contributed by atoms with Crippen LogP contribution in [0.25, 0.3) is 0 Å². The van der Waals surface area contributed by atoms with Gasteiger partial charge in [0.2, 0.25) is 0 Å². The summed E-state index contributed by atoms with van der Waals surface area (Å²) in [6, 6.07) is 8.41. The maximum absolute atomic E-state index is 12.2. The Morgan fingerprint density at radius 2 is 1.86 bits per heavy atom. The summed E-state index contributed by atoms with van der Waals surface area (Å²) in [6.07, 6.45) is 0.401. The van der Waals surface area contributed by atoms with Gasteiger partial charge in [-0.05, 0) is 29.5 Å². The SMILES string of the molecule is COC(=O)[C@H](CCC#N)NC(=O)c1ccc(C(C)(C)C)cc1. The van der Waals surface area contributed by atoms with Crippen LogP contribution in [-0.2, 0) is 14.9 Å². The van der Waals surface area contributed by atoms with Crippen molar-refractivity contribution in [2.24, 2.45) is 0 Å². The molecule has 0 bridgehead atoms. The van der Waals surface area contributed by atoms with Crippen LogP contribution in [0.1, 0.15) is 49.5 Å². The van der Waals surface area contributed by atoms with Crippen LogP contribution in [0.3, 0.4) is 0 Å². The minimum Gasteiger partial charge on any atom is -0.467 e. The van der Waals surface area contributed by atoms with Crippen molar-refractivity contribution in [3.8, 4) is 6.07 Å². The summed E-state index contributed by atoms with van der Waals surface area (Å²) >= 11 is 0. The zero-order valence-corrected chi connectivity index (χ0v) is 13.5. The Morgan fingerprint density at radius 1 is 1.27 bits per heavy atom. The lowest BCUT2D eigenvalue weighted by atomic mass is 9.86. The zero-order valence-electron chi connectivity index (χ0n) is 13.5. The molecule has 0 fully saturated rings. The summed E-state index contributed by atoms with van der Waals surface area (Å²) in [5.41, 5.74) is 1.60. The first-order valence-corrected chi connectivity index (χ1v) is 7.15. The molecule has 0 saturated heterocycles. The summed E-state index contributed by atoms with van der Waals surface area (Å²) in [7, 11) is 1.26. The van der Waals surface area contributed by atoms with E-state index in [-0.39, 0.29) is 24.2 Å². The normalized spacial score (nSPS) is 12.1. The Morgan fingerprint density at radius 3 is 2.32 bits per heavy atom. The molecule has 0 aliphatic rings. The van der Waals surface area contributed by atoms with Crippen LogP contribution < -0.4 is 5.32 Å². The molecule has 5 nitrogen and oxygen atoms in total. The number of benzene rings is 1. The summed E-state index contributed by atoms with van der Waals surface area (Å²) in [4.78, 5) is 23.8. The molecule has 0 aliphatic heterocycles. The Hall–Kier alpha value is -2.35. The second-order valence-corrected chi connectivity index (χ2v) is 6.07. The average Bonchev–Trinajstić information content (AvgIpc) is 2.49. The topological polar surface area (TPSA) is 79.2 Å². The van der Waals surface area contributed by atoms with Gasteiger partial charge in [-0.15, -0.1) is 0 Å². The van der Waals surface area contributed by atoms with E-state index in [9.17, 15) is 9.59 Å². The first kappa shape index (κ1) is 17.7. The lowest BCUT2D eigenvalue weighted by Crippen LogP contribution is -2.41. The van der Waals surface area contributed by atoms with Crippen molar-refractivity contribution in [3.63, 3.8) is 0 Å². The quantitative estimate of drug-likeness (QED) is 0.848. The highest BCUT2D eigenvalue weighted by molar-refractivity contribution is 5.96. The summed E-state index contributed by atoms with van der Waals surface area (Å²) < 4.78 is 4.65. The van der Waals surface area contributed by atoms with Gasteiger partial charge in [0, 0.05) is 12.0 Å². The highest BCUT2D eigenvalue weighted by atomic mass is 16.5. The first-order chi connectivity index (χ1) is 10.3. The molecule has 0 unspecified atom stereocenters. The zero-order chi connectivity index (χ0) is 16.8. The molecule has 0 aliphatic carbocycles. The molecule has 1 amide bonds. The molecule has 0 radical (unpaired) electrons. The molecule has 1 N–H and O–H groups in total. The molecule has 1 aromatic rings. The van der Waals surface area contributed by atoms with Crippen LogP contribution in [-0.4, -0.2) is 25.0 Å². The van der Waals surface area contributed by atoms with Crippen molar-refractivity contribution in [2.45, 2.75) is 45.1 Å². The van der Waals surface area contributed by atoms with E-state index < -0.39 is 12.0 Å². The van der Waals surface area contributed by atoms with Gasteiger partial charge in [-0.1, -0.05) is 32.9 Å². The number of nitrogens with one attached hydrogen (secondary N) is 1. The number of esters is 1. The van der Waals surface area contributed by atoms with Crippen LogP contribution in [0.4, 0.5) is 0 Å². The van der Waals surface area contributed by atoms with Crippen LogP contribution in [0.2, 0.25) is 0 Å². The summed E-state index contributed by atoms with van der Waals surface area (Å²) in [5, 5.41) is 11.2. The van der Waals surface area contributed by atoms with Gasteiger partial charge < -0.3 is 10.1 Å². The van der Waals surface area contributed by atoms with Crippen LogP contribution in [0, 0.1) is 11.3 Å². The number of amides is 1. The smallest absolute Gasteiger partial charge is 0.328 e. The molecule has 1 rings (SSSR count). The number of hydrogen-bond donors (Lipinski definition) is 1. The minimum atomic E-state index is -0.806. The number of nitriles is 1. The minimum absolute atomic E-state index is 0.0103. The third-order valence-corrected chi connectivity index (χ3v) is 3.35. The number of carbonyl (C=O) groups is 2. The molecular formula is C17H22N2O3. The van der Waals surface area contributed by atoms with Crippen LogP contribution >= 0.6 is 0 Å². The van der Waals surface area contributed by atoms with Crippen LogP contribution in [0.5, 0.6) is 0 Å². The Kier molecular flexibility index (Phi) is 6.11. The van der Waals surface area contributed by atoms with Crippen molar-refractivity contribution in [2.75, 3.05) is 7.11 Å². The van der Waals surface area contributed by atoms with E-state index >= 15 is 0 Å². The van der Waals surface area contributed by atoms with Crippen molar-refractivity contribution in [1.82, 2.24) is 5.32 Å². The van der Waals surface area contributed by atoms with E-state index in [1.54, 1.807) is 12.1 Å². The molecule has 1 atom stereocenters. The van der Waals surface area contributed by atoms with Gasteiger partial charge in [0.15, 0.2) is 0 Å². The first-order valence-electron chi connectivity index (χ1n) is 7.15. The second kappa shape index (κ2) is 7.60. The molecule has 0 aromatic heterocycles. The van der Waals surface area contributed by atoms with Gasteiger partial charge in [0.1, 0.15) is 6.04 Å². The van der Waals surface area contributed by atoms with Gasteiger partial charge >= 0.3 is 5.97 Å². The number of carbonyl (C=O) groups excluding carboxylic acids is 2. The summed E-state index contributed by atoms with van der Waals surface area (Å²) in [6.45, 7) is 6.28. The highest BCUT2D eigenvalue weighted by Crippen LogP contribution is 2.22. The van der Waals surface area contributed by atoms with Gasteiger partial charge in [-0.25, -0.2) is 4.79 Å². The average molecular weight is 302 g/mol. The third-order valence-electron chi connectivity index (χ3n) is 3.35. The number of ether oxygens (including phenoxy) is 1. The molecule has 1 aromatic carbocycles. The van der Waals surface area contributed by atoms with Gasteiger partial charge in [-0.2, -0.15) is 5.26 Å². The standard InChI is InChI=1S/C17H22N2O3/c1-17(2,3)13-9-7-12(8-10-13)15(20)19-14(6-5-11-18)16(21)22-4/h7-10,14H,5-6H2,1-4H3,(H,19,20)/t14-/m0/s1. The van der Waals surface area contributed by atoms with Crippen molar-refractivity contribution in [1.29, 1.82) is 5.26 Å². The van der Waals surface area contributed by atoms with Gasteiger partial charge in [0.05, 0.1) is 13.2 Å². The summed E-state index contributed by atoms with van der Waals surface area (Å²) in [5.74, 6) is -0.899. The van der Waals surface area contributed by atoms with Crippen molar-refractivity contribution >= 4 is 11.9 Å². The van der Waals surface area contributed by atoms with Crippen molar-refractivity contribution < 1.29 is 14.3 Å². The van der Waals surface area contributed by atoms with E-state index in [0.717, 1.165) is 5.56 Å². The molecule has 0 spiro atoms. The van der Waals surface area contributed by atoms with Gasteiger partial charge in [0.25, 0.3) is 5.91 Å². The van der Waals surface area contributed by atoms with Crippen molar-refractivity contribution in [3.05, 3.63) is 35.4 Å². The molecule has 118 valence electrons. The molecule has 0 heterocycles. The fourth-order valence-electron chi connectivity index (χ4n) is 1.96. The predicted octanol–water partition coefficient (Wildman–Crippen LogP) is 2.56.